The minimum absolute atomic E-state index is 0.216. The van der Waals surface area contributed by atoms with Gasteiger partial charge < -0.3 is 4.74 Å². The highest BCUT2D eigenvalue weighted by atomic mass is 19.1. The monoisotopic (exact) mass is 387 g/mol. The van der Waals surface area contributed by atoms with Gasteiger partial charge in [0.15, 0.2) is 6.61 Å². The van der Waals surface area contributed by atoms with Crippen molar-refractivity contribution in [2.45, 2.75) is 13.3 Å². The lowest BCUT2D eigenvalue weighted by Crippen LogP contribution is -2.32. The molecule has 2 aromatic carbocycles. The smallest absolute Gasteiger partial charge is 0.308 e. The van der Waals surface area contributed by atoms with Crippen LogP contribution in [-0.2, 0) is 9.53 Å². The summed E-state index contributed by atoms with van der Waals surface area (Å²) in [5.74, 6) is -4.49. The van der Waals surface area contributed by atoms with Gasteiger partial charge in [0.05, 0.1) is 23.1 Å². The fourth-order valence-electron chi connectivity index (χ4n) is 2.82. The first kappa shape index (κ1) is 19.3. The van der Waals surface area contributed by atoms with E-state index < -0.39 is 47.4 Å². The van der Waals surface area contributed by atoms with Crippen LogP contribution in [0.2, 0.25) is 0 Å². The van der Waals surface area contributed by atoms with Crippen LogP contribution in [0.15, 0.2) is 36.4 Å². The zero-order valence-corrected chi connectivity index (χ0v) is 14.8. The van der Waals surface area contributed by atoms with Crippen LogP contribution in [0, 0.1) is 18.6 Å². The molecule has 0 saturated carbocycles. The number of benzene rings is 2. The lowest BCUT2D eigenvalue weighted by molar-refractivity contribution is -0.142. The minimum Gasteiger partial charge on any atom is -0.457 e. The third-order valence-electron chi connectivity index (χ3n) is 4.26. The molecular formula is C20H15F2NO5. The number of amides is 2. The first-order valence-corrected chi connectivity index (χ1v) is 8.38. The molecule has 0 saturated heterocycles. The Morgan fingerprint density at radius 1 is 1.00 bits per heavy atom. The fraction of sp³-hybridized carbons (Fsp3) is 0.200. The lowest BCUT2D eigenvalue weighted by Gasteiger charge is -2.13. The summed E-state index contributed by atoms with van der Waals surface area (Å²) in [4.78, 5) is 49.2. The first-order chi connectivity index (χ1) is 13.3. The van der Waals surface area contributed by atoms with E-state index in [1.165, 1.54) is 0 Å². The second-order valence-corrected chi connectivity index (χ2v) is 6.27. The first-order valence-electron chi connectivity index (χ1n) is 8.38. The van der Waals surface area contributed by atoms with E-state index in [1.54, 1.807) is 25.1 Å². The van der Waals surface area contributed by atoms with Crippen molar-refractivity contribution in [3.05, 3.63) is 70.3 Å². The van der Waals surface area contributed by atoms with Crippen molar-refractivity contribution < 1.29 is 32.7 Å². The van der Waals surface area contributed by atoms with Gasteiger partial charge in [-0.2, -0.15) is 0 Å². The van der Waals surface area contributed by atoms with E-state index in [4.69, 9.17) is 4.74 Å². The molecule has 28 heavy (non-hydrogen) atoms. The summed E-state index contributed by atoms with van der Waals surface area (Å²) in [6.45, 7) is 0.795. The summed E-state index contributed by atoms with van der Waals surface area (Å²) in [5.41, 5.74) is 0.837. The predicted octanol–water partition coefficient (Wildman–Crippen LogP) is 2.69. The average Bonchev–Trinajstić information content (AvgIpc) is 2.90. The largest absolute Gasteiger partial charge is 0.457 e. The second kappa shape index (κ2) is 7.67. The van der Waals surface area contributed by atoms with Crippen LogP contribution in [0.5, 0.6) is 0 Å². The molecule has 0 unspecified atom stereocenters. The molecule has 0 atom stereocenters. The predicted molar refractivity (Wildman–Crippen MR) is 92.8 cm³/mol. The van der Waals surface area contributed by atoms with Crippen LogP contribution in [0.4, 0.5) is 8.78 Å². The van der Waals surface area contributed by atoms with Crippen LogP contribution >= 0.6 is 0 Å². The highest BCUT2D eigenvalue weighted by molar-refractivity contribution is 6.21. The minimum atomic E-state index is -0.927. The molecular weight excluding hydrogens is 372 g/mol. The van der Waals surface area contributed by atoms with E-state index in [1.807, 2.05) is 0 Å². The Morgan fingerprint density at radius 3 is 2.46 bits per heavy atom. The van der Waals surface area contributed by atoms with E-state index in [-0.39, 0.29) is 24.1 Å². The fourth-order valence-corrected chi connectivity index (χ4v) is 2.82. The van der Waals surface area contributed by atoms with Gasteiger partial charge in [0, 0.05) is 6.54 Å². The summed E-state index contributed by atoms with van der Waals surface area (Å²) in [6.07, 6.45) is -0.330. The molecule has 0 fully saturated rings. The van der Waals surface area contributed by atoms with E-state index in [9.17, 15) is 28.0 Å². The zero-order valence-electron chi connectivity index (χ0n) is 14.8. The Balaban J connectivity index is 1.55. The summed E-state index contributed by atoms with van der Waals surface area (Å²) >= 11 is 0. The van der Waals surface area contributed by atoms with Crippen LogP contribution < -0.4 is 0 Å². The van der Waals surface area contributed by atoms with Crippen LogP contribution in [-0.4, -0.2) is 41.6 Å². The van der Waals surface area contributed by atoms with Crippen LogP contribution in [0.3, 0.4) is 0 Å². The summed E-state index contributed by atoms with van der Waals surface area (Å²) in [5, 5.41) is 0. The number of carbonyl (C=O) groups is 4. The number of ketones is 1. The summed E-state index contributed by atoms with van der Waals surface area (Å²) in [6, 6.07) is 7.23. The molecule has 2 aromatic rings. The SMILES string of the molecule is Cc1ccc2c(c1)C(=O)N(CCC(=O)OCC(=O)c1cc(F)ccc1F)C2=O. The molecule has 1 aliphatic rings. The molecule has 3 rings (SSSR count). The van der Waals surface area contributed by atoms with E-state index in [2.05, 4.69) is 0 Å². The summed E-state index contributed by atoms with van der Waals surface area (Å²) in [7, 11) is 0. The second-order valence-electron chi connectivity index (χ2n) is 6.27. The molecule has 1 aliphatic heterocycles. The number of halogens is 2. The molecule has 0 aliphatic carbocycles. The molecule has 1 heterocycles. The van der Waals surface area contributed by atoms with Crippen molar-refractivity contribution in [1.82, 2.24) is 4.90 Å². The number of nitrogens with zero attached hydrogens (tertiary/aromatic N) is 1. The number of aryl methyl sites for hydroxylation is 1. The lowest BCUT2D eigenvalue weighted by atomic mass is 10.1. The molecule has 6 nitrogen and oxygen atoms in total. The highest BCUT2D eigenvalue weighted by Crippen LogP contribution is 2.24. The van der Waals surface area contributed by atoms with Crippen molar-refractivity contribution in [3.63, 3.8) is 0 Å². The van der Waals surface area contributed by atoms with Crippen molar-refractivity contribution >= 4 is 23.6 Å². The van der Waals surface area contributed by atoms with Gasteiger partial charge in [0.25, 0.3) is 11.8 Å². The molecule has 0 radical (unpaired) electrons. The number of rotatable bonds is 6. The van der Waals surface area contributed by atoms with E-state index in [0.717, 1.165) is 22.6 Å². The molecule has 144 valence electrons. The van der Waals surface area contributed by atoms with Gasteiger partial charge in [-0.3, -0.25) is 24.1 Å². The number of hydrogen-bond donors (Lipinski definition) is 0. The Hall–Kier alpha value is -3.42. The third kappa shape index (κ3) is 3.80. The normalized spacial score (nSPS) is 12.9. The topological polar surface area (TPSA) is 80.8 Å². The molecule has 0 bridgehead atoms. The summed E-state index contributed by atoms with van der Waals surface area (Å²) < 4.78 is 31.4. The number of ether oxygens (including phenoxy) is 1. The number of hydrogen-bond acceptors (Lipinski definition) is 5. The molecule has 2 amide bonds. The zero-order chi connectivity index (χ0) is 20.4. The quantitative estimate of drug-likeness (QED) is 0.433. The van der Waals surface area contributed by atoms with Crippen LogP contribution in [0.1, 0.15) is 43.1 Å². The van der Waals surface area contributed by atoms with Crippen LogP contribution in [0.25, 0.3) is 0 Å². The number of imide groups is 1. The molecule has 8 heteroatoms. The van der Waals surface area contributed by atoms with Gasteiger partial charge in [-0.05, 0) is 37.3 Å². The van der Waals surface area contributed by atoms with Gasteiger partial charge in [-0.25, -0.2) is 8.78 Å². The van der Waals surface area contributed by atoms with Gasteiger partial charge in [-0.15, -0.1) is 0 Å². The van der Waals surface area contributed by atoms with Gasteiger partial charge in [-0.1, -0.05) is 11.6 Å². The van der Waals surface area contributed by atoms with Gasteiger partial charge >= 0.3 is 5.97 Å². The number of fused-ring (bicyclic) bond motifs is 1. The Labute approximate surface area is 158 Å². The molecule has 0 aromatic heterocycles. The third-order valence-corrected chi connectivity index (χ3v) is 4.26. The average molecular weight is 387 g/mol. The number of esters is 1. The van der Waals surface area contributed by atoms with E-state index >= 15 is 0 Å². The maximum atomic E-state index is 13.5. The van der Waals surface area contributed by atoms with Crippen molar-refractivity contribution in [2.24, 2.45) is 0 Å². The Bertz CT molecular complexity index is 1000. The van der Waals surface area contributed by atoms with Crippen molar-refractivity contribution in [1.29, 1.82) is 0 Å². The highest BCUT2D eigenvalue weighted by Gasteiger charge is 2.35. The maximum Gasteiger partial charge on any atom is 0.308 e. The molecule has 0 N–H and O–H groups in total. The maximum absolute atomic E-state index is 13.5. The van der Waals surface area contributed by atoms with Crippen molar-refractivity contribution in [3.8, 4) is 0 Å². The standard InChI is InChI=1S/C20H15F2NO5/c1-11-2-4-13-14(8-11)20(27)23(19(13)26)7-6-18(25)28-10-17(24)15-9-12(21)3-5-16(15)22/h2-5,8-9H,6-7,10H2,1H3. The van der Waals surface area contributed by atoms with Crippen molar-refractivity contribution in [2.75, 3.05) is 13.2 Å². The number of Topliss-reactive ketones (excluding diaryl/α,β-unsaturated/α-hetero) is 1. The van der Waals surface area contributed by atoms with Gasteiger partial charge in [0.2, 0.25) is 5.78 Å². The Kier molecular flexibility index (Phi) is 5.30. The number of carbonyl (C=O) groups excluding carboxylic acids is 4. The molecule has 0 spiro atoms. The Morgan fingerprint density at radius 2 is 1.71 bits per heavy atom. The van der Waals surface area contributed by atoms with Gasteiger partial charge in [0.1, 0.15) is 11.6 Å². The van der Waals surface area contributed by atoms with E-state index in [0.29, 0.717) is 6.07 Å².